The fourth-order valence-corrected chi connectivity index (χ4v) is 3.14. The molecule has 0 aliphatic carbocycles. The normalized spacial score (nSPS) is 14.4. The molecule has 0 radical (unpaired) electrons. The van der Waals surface area contributed by atoms with Gasteiger partial charge in [-0.1, -0.05) is 18.2 Å². The summed E-state index contributed by atoms with van der Waals surface area (Å²) in [4.78, 5) is 37.5. The lowest BCUT2D eigenvalue weighted by Crippen LogP contribution is -2.41. The highest BCUT2D eigenvalue weighted by molar-refractivity contribution is 5.95. The van der Waals surface area contributed by atoms with Crippen LogP contribution in [0.15, 0.2) is 54.6 Å². The van der Waals surface area contributed by atoms with E-state index in [1.807, 2.05) is 30.3 Å². The lowest BCUT2D eigenvalue weighted by Gasteiger charge is -2.31. The van der Waals surface area contributed by atoms with Crippen molar-refractivity contribution in [2.75, 3.05) is 25.0 Å². The van der Waals surface area contributed by atoms with E-state index in [4.69, 9.17) is 10.5 Å². The van der Waals surface area contributed by atoms with Crippen molar-refractivity contribution >= 4 is 23.4 Å². The van der Waals surface area contributed by atoms with E-state index in [0.29, 0.717) is 37.2 Å². The number of nitrogens with one attached hydrogen (secondary N) is 1. The van der Waals surface area contributed by atoms with Crippen LogP contribution in [0.3, 0.4) is 0 Å². The molecule has 28 heavy (non-hydrogen) atoms. The van der Waals surface area contributed by atoms with Crippen molar-refractivity contribution in [2.45, 2.75) is 12.8 Å². The van der Waals surface area contributed by atoms with Gasteiger partial charge in [-0.3, -0.25) is 14.4 Å². The molecule has 1 fully saturated rings. The topological polar surface area (TPSA) is 102 Å². The lowest BCUT2D eigenvalue weighted by atomic mass is 9.95. The second kappa shape index (κ2) is 9.03. The maximum atomic E-state index is 12.7. The van der Waals surface area contributed by atoms with E-state index in [2.05, 4.69) is 5.32 Å². The predicted octanol–water partition coefficient (Wildman–Crippen LogP) is 2.04. The Morgan fingerprint density at radius 3 is 2.25 bits per heavy atom. The first-order valence-electron chi connectivity index (χ1n) is 9.19. The van der Waals surface area contributed by atoms with E-state index in [-0.39, 0.29) is 24.3 Å². The maximum absolute atomic E-state index is 12.7. The van der Waals surface area contributed by atoms with E-state index in [1.54, 1.807) is 29.2 Å². The van der Waals surface area contributed by atoms with Gasteiger partial charge in [-0.2, -0.15) is 0 Å². The van der Waals surface area contributed by atoms with Crippen LogP contribution >= 0.6 is 0 Å². The van der Waals surface area contributed by atoms with E-state index in [9.17, 15) is 14.4 Å². The van der Waals surface area contributed by atoms with E-state index in [0.717, 1.165) is 5.69 Å². The molecule has 0 saturated carbocycles. The summed E-state index contributed by atoms with van der Waals surface area (Å²) in [5.41, 5.74) is 6.36. The molecule has 3 amide bonds. The molecule has 0 bridgehead atoms. The zero-order valence-corrected chi connectivity index (χ0v) is 15.5. The average molecular weight is 381 g/mol. The number of piperidine rings is 1. The number of hydrogen-bond acceptors (Lipinski definition) is 4. The van der Waals surface area contributed by atoms with Gasteiger partial charge in [-0.25, -0.2) is 0 Å². The number of rotatable bonds is 6. The third kappa shape index (κ3) is 5.09. The number of likely N-dealkylation sites (tertiary alicyclic amines) is 1. The molecule has 1 heterocycles. The monoisotopic (exact) mass is 381 g/mol. The molecule has 7 nitrogen and oxygen atoms in total. The van der Waals surface area contributed by atoms with Crippen LogP contribution in [0.1, 0.15) is 23.2 Å². The zero-order valence-electron chi connectivity index (χ0n) is 15.5. The minimum Gasteiger partial charge on any atom is -0.484 e. The standard InChI is InChI=1S/C21H23N3O4/c22-19(25)14-28-18-8-6-16(7-9-18)21(27)24-12-10-15(11-13-24)20(26)23-17-4-2-1-3-5-17/h1-9,15H,10-14H2,(H2,22,25)(H,23,26). The summed E-state index contributed by atoms with van der Waals surface area (Å²) in [5.74, 6) is -0.266. The molecule has 2 aromatic carbocycles. The fraction of sp³-hybridized carbons (Fsp3) is 0.286. The number of benzene rings is 2. The van der Waals surface area contributed by atoms with Crippen molar-refractivity contribution in [1.29, 1.82) is 0 Å². The van der Waals surface area contributed by atoms with Crippen molar-refractivity contribution in [3.63, 3.8) is 0 Å². The van der Waals surface area contributed by atoms with Crippen molar-refractivity contribution in [1.82, 2.24) is 4.90 Å². The van der Waals surface area contributed by atoms with Crippen LogP contribution in [0, 0.1) is 5.92 Å². The summed E-state index contributed by atoms with van der Waals surface area (Å²) in [6.45, 7) is 0.864. The zero-order chi connectivity index (χ0) is 19.9. The number of para-hydroxylation sites is 1. The second-order valence-corrected chi connectivity index (χ2v) is 6.70. The number of carbonyl (C=O) groups excluding carboxylic acids is 3. The average Bonchev–Trinajstić information content (AvgIpc) is 2.73. The highest BCUT2D eigenvalue weighted by Gasteiger charge is 2.27. The third-order valence-electron chi connectivity index (χ3n) is 4.68. The summed E-state index contributed by atoms with van der Waals surface area (Å²) >= 11 is 0. The number of nitrogens with two attached hydrogens (primary N) is 1. The van der Waals surface area contributed by atoms with Gasteiger partial charge in [0.05, 0.1) is 0 Å². The SMILES string of the molecule is NC(=O)COc1ccc(C(=O)N2CCC(C(=O)Nc3ccccc3)CC2)cc1. The molecule has 3 rings (SSSR count). The highest BCUT2D eigenvalue weighted by atomic mass is 16.5. The minimum absolute atomic E-state index is 0.00532. The summed E-state index contributed by atoms with van der Waals surface area (Å²) in [5, 5.41) is 2.92. The molecule has 2 aromatic rings. The number of ether oxygens (including phenoxy) is 1. The van der Waals surface area contributed by atoms with Gasteiger partial charge in [0, 0.05) is 30.3 Å². The highest BCUT2D eigenvalue weighted by Crippen LogP contribution is 2.22. The maximum Gasteiger partial charge on any atom is 0.255 e. The Bertz CT molecular complexity index is 828. The molecule has 1 saturated heterocycles. The number of amides is 3. The van der Waals surface area contributed by atoms with Crippen LogP contribution in [0.4, 0.5) is 5.69 Å². The quantitative estimate of drug-likeness (QED) is 0.799. The molecule has 0 aromatic heterocycles. The van der Waals surface area contributed by atoms with Crippen LogP contribution in [0.25, 0.3) is 0 Å². The molecule has 0 spiro atoms. The summed E-state index contributed by atoms with van der Waals surface area (Å²) < 4.78 is 5.19. The molecule has 7 heteroatoms. The number of hydrogen-bond donors (Lipinski definition) is 2. The van der Waals surface area contributed by atoms with E-state index in [1.165, 1.54) is 0 Å². The molecular formula is C21H23N3O4. The van der Waals surface area contributed by atoms with Gasteiger partial charge in [0.1, 0.15) is 5.75 Å². The van der Waals surface area contributed by atoms with Gasteiger partial charge in [0.2, 0.25) is 5.91 Å². The van der Waals surface area contributed by atoms with Gasteiger partial charge < -0.3 is 20.7 Å². The Kier molecular flexibility index (Phi) is 6.26. The van der Waals surface area contributed by atoms with Gasteiger partial charge in [-0.05, 0) is 49.2 Å². The van der Waals surface area contributed by atoms with E-state index >= 15 is 0 Å². The summed E-state index contributed by atoms with van der Waals surface area (Å²) in [7, 11) is 0. The van der Waals surface area contributed by atoms with Crippen LogP contribution in [0.5, 0.6) is 5.75 Å². The van der Waals surface area contributed by atoms with Crippen molar-refractivity contribution < 1.29 is 19.1 Å². The first kappa shape index (κ1) is 19.4. The van der Waals surface area contributed by atoms with Gasteiger partial charge in [-0.15, -0.1) is 0 Å². The molecular weight excluding hydrogens is 358 g/mol. The van der Waals surface area contributed by atoms with Gasteiger partial charge in [0.15, 0.2) is 6.61 Å². The first-order chi connectivity index (χ1) is 13.5. The van der Waals surface area contributed by atoms with Crippen LogP contribution in [-0.2, 0) is 9.59 Å². The Morgan fingerprint density at radius 1 is 1.00 bits per heavy atom. The van der Waals surface area contributed by atoms with Gasteiger partial charge in [0.25, 0.3) is 11.8 Å². The van der Waals surface area contributed by atoms with Crippen LogP contribution in [-0.4, -0.2) is 42.3 Å². The fourth-order valence-electron chi connectivity index (χ4n) is 3.14. The van der Waals surface area contributed by atoms with Crippen molar-refractivity contribution in [3.05, 3.63) is 60.2 Å². The largest absolute Gasteiger partial charge is 0.484 e. The van der Waals surface area contributed by atoms with Crippen LogP contribution in [0.2, 0.25) is 0 Å². The number of primary amides is 1. The molecule has 1 aliphatic rings. The Hall–Kier alpha value is -3.35. The molecule has 146 valence electrons. The molecule has 3 N–H and O–H groups in total. The molecule has 0 atom stereocenters. The van der Waals surface area contributed by atoms with Crippen LogP contribution < -0.4 is 15.8 Å². The minimum atomic E-state index is -0.556. The molecule has 0 unspecified atom stereocenters. The first-order valence-corrected chi connectivity index (χ1v) is 9.19. The number of nitrogens with zero attached hydrogens (tertiary/aromatic N) is 1. The van der Waals surface area contributed by atoms with Crippen molar-refractivity contribution in [3.8, 4) is 5.75 Å². The van der Waals surface area contributed by atoms with Gasteiger partial charge >= 0.3 is 0 Å². The number of carbonyl (C=O) groups is 3. The Morgan fingerprint density at radius 2 is 1.64 bits per heavy atom. The van der Waals surface area contributed by atoms with E-state index < -0.39 is 5.91 Å². The smallest absolute Gasteiger partial charge is 0.255 e. The third-order valence-corrected chi connectivity index (χ3v) is 4.68. The number of anilines is 1. The van der Waals surface area contributed by atoms with Crippen molar-refractivity contribution in [2.24, 2.45) is 11.7 Å². The summed E-state index contributed by atoms with van der Waals surface area (Å²) in [6.07, 6.45) is 1.26. The second-order valence-electron chi connectivity index (χ2n) is 6.70. The Labute approximate surface area is 163 Å². The lowest BCUT2D eigenvalue weighted by molar-refractivity contribution is -0.121. The predicted molar refractivity (Wildman–Crippen MR) is 105 cm³/mol. The molecule has 1 aliphatic heterocycles. The summed E-state index contributed by atoms with van der Waals surface area (Å²) in [6, 6.07) is 15.9. The Balaban J connectivity index is 1.50.